The molecule has 1 N–H and O–H groups in total. The zero-order valence-electron chi connectivity index (χ0n) is 9.78. The maximum absolute atomic E-state index is 12.9. The lowest BCUT2D eigenvalue weighted by Crippen LogP contribution is -2.14. The molecule has 102 valence electrons. The van der Waals surface area contributed by atoms with Crippen LogP contribution in [0, 0.1) is 11.6 Å². The van der Waals surface area contributed by atoms with Crippen LogP contribution in [0.5, 0.6) is 0 Å². The van der Waals surface area contributed by atoms with E-state index in [9.17, 15) is 17.6 Å². The Bertz CT molecular complexity index is 533. The Morgan fingerprint density at radius 3 is 2.37 bits per heavy atom. The second-order valence-electron chi connectivity index (χ2n) is 3.95. The van der Waals surface area contributed by atoms with Gasteiger partial charge in [-0.25, -0.2) is 13.5 Å². The summed E-state index contributed by atoms with van der Waals surface area (Å²) < 4.78 is 50.9. The minimum Gasteiger partial charge on any atom is -0.307 e. The molecule has 0 aliphatic heterocycles. The van der Waals surface area contributed by atoms with Crippen LogP contribution in [-0.2, 0) is 13.1 Å². The largest absolute Gasteiger partial charge is 0.333 e. The third kappa shape index (κ3) is 3.78. The molecule has 0 radical (unpaired) electrons. The van der Waals surface area contributed by atoms with Gasteiger partial charge in [0.1, 0.15) is 11.6 Å². The van der Waals surface area contributed by atoms with Crippen LogP contribution in [-0.4, -0.2) is 9.78 Å². The molecule has 0 bridgehead atoms. The van der Waals surface area contributed by atoms with Gasteiger partial charge in [-0.15, -0.1) is 0 Å². The van der Waals surface area contributed by atoms with Crippen molar-refractivity contribution < 1.29 is 17.6 Å². The molecule has 0 atom stereocenters. The Balaban J connectivity index is 1.88. The Morgan fingerprint density at radius 2 is 1.79 bits per heavy atom. The van der Waals surface area contributed by atoms with Crippen molar-refractivity contribution in [3.8, 4) is 0 Å². The van der Waals surface area contributed by atoms with E-state index in [2.05, 4.69) is 10.4 Å². The first-order valence-corrected chi connectivity index (χ1v) is 5.52. The number of hydrogen-bond acceptors (Lipinski definition) is 2. The molecule has 0 aliphatic carbocycles. The minimum atomic E-state index is -2.67. The zero-order chi connectivity index (χ0) is 13.8. The third-order valence-electron chi connectivity index (χ3n) is 2.42. The summed E-state index contributed by atoms with van der Waals surface area (Å²) in [6, 6.07) is 4.64. The van der Waals surface area contributed by atoms with Gasteiger partial charge >= 0.3 is 6.55 Å². The van der Waals surface area contributed by atoms with Crippen LogP contribution in [0.15, 0.2) is 30.5 Å². The van der Waals surface area contributed by atoms with Crippen LogP contribution < -0.4 is 5.32 Å². The Kier molecular flexibility index (Phi) is 4.16. The number of alkyl halides is 2. The fourth-order valence-electron chi connectivity index (χ4n) is 1.63. The molecule has 2 aromatic rings. The van der Waals surface area contributed by atoms with Gasteiger partial charge in [0.15, 0.2) is 0 Å². The molecule has 0 aliphatic rings. The van der Waals surface area contributed by atoms with E-state index in [4.69, 9.17) is 0 Å². The molecule has 19 heavy (non-hydrogen) atoms. The summed E-state index contributed by atoms with van der Waals surface area (Å²) in [5, 5.41) is 6.50. The van der Waals surface area contributed by atoms with E-state index in [-0.39, 0.29) is 13.1 Å². The van der Waals surface area contributed by atoms with Crippen LogP contribution in [0.3, 0.4) is 0 Å². The SMILES string of the molecule is Fc1cc(F)cc(CNCc2ccn(C(F)F)n2)c1. The van der Waals surface area contributed by atoms with E-state index in [1.165, 1.54) is 24.4 Å². The molecule has 0 unspecified atom stereocenters. The highest BCUT2D eigenvalue weighted by Gasteiger charge is 2.07. The van der Waals surface area contributed by atoms with Gasteiger partial charge in [0.2, 0.25) is 0 Å². The Morgan fingerprint density at radius 1 is 1.11 bits per heavy atom. The summed E-state index contributed by atoms with van der Waals surface area (Å²) in [5.41, 5.74) is 0.864. The highest BCUT2D eigenvalue weighted by molar-refractivity contribution is 5.17. The quantitative estimate of drug-likeness (QED) is 0.849. The van der Waals surface area contributed by atoms with Gasteiger partial charge in [-0.05, 0) is 23.8 Å². The Labute approximate surface area is 106 Å². The van der Waals surface area contributed by atoms with E-state index in [1.54, 1.807) is 0 Å². The summed E-state index contributed by atoms with van der Waals surface area (Å²) in [7, 11) is 0. The molecule has 1 heterocycles. The molecular formula is C12H11F4N3. The smallest absolute Gasteiger partial charge is 0.307 e. The second-order valence-corrected chi connectivity index (χ2v) is 3.95. The van der Waals surface area contributed by atoms with Crippen molar-refractivity contribution in [1.29, 1.82) is 0 Å². The van der Waals surface area contributed by atoms with Gasteiger partial charge in [0, 0.05) is 25.4 Å². The second kappa shape index (κ2) is 5.83. The van der Waals surface area contributed by atoms with Gasteiger partial charge in [-0.2, -0.15) is 13.9 Å². The van der Waals surface area contributed by atoms with E-state index in [0.717, 1.165) is 6.07 Å². The van der Waals surface area contributed by atoms with Gasteiger partial charge in [-0.1, -0.05) is 0 Å². The first-order chi connectivity index (χ1) is 9.04. The fraction of sp³-hybridized carbons (Fsp3) is 0.250. The highest BCUT2D eigenvalue weighted by Crippen LogP contribution is 2.10. The third-order valence-corrected chi connectivity index (χ3v) is 2.42. The lowest BCUT2D eigenvalue weighted by molar-refractivity contribution is 0.0561. The lowest BCUT2D eigenvalue weighted by atomic mass is 10.2. The van der Waals surface area contributed by atoms with Crippen LogP contribution in [0.4, 0.5) is 17.6 Å². The van der Waals surface area contributed by atoms with Crippen molar-refractivity contribution in [2.45, 2.75) is 19.6 Å². The molecule has 0 spiro atoms. The molecular weight excluding hydrogens is 262 g/mol. The van der Waals surface area contributed by atoms with Crippen molar-refractivity contribution in [3.05, 3.63) is 53.4 Å². The average Bonchev–Trinajstić information content (AvgIpc) is 2.76. The molecule has 0 fully saturated rings. The van der Waals surface area contributed by atoms with E-state index in [1.807, 2.05) is 0 Å². The number of halogens is 4. The van der Waals surface area contributed by atoms with Crippen molar-refractivity contribution in [2.75, 3.05) is 0 Å². The topological polar surface area (TPSA) is 29.9 Å². The van der Waals surface area contributed by atoms with Crippen LogP contribution >= 0.6 is 0 Å². The molecule has 0 saturated heterocycles. The maximum atomic E-state index is 12.9. The summed E-state index contributed by atoms with van der Waals surface area (Å²) in [4.78, 5) is 0. The van der Waals surface area contributed by atoms with Crippen LogP contribution in [0.25, 0.3) is 0 Å². The van der Waals surface area contributed by atoms with E-state index in [0.29, 0.717) is 15.9 Å². The van der Waals surface area contributed by atoms with Gasteiger partial charge < -0.3 is 5.32 Å². The van der Waals surface area contributed by atoms with Crippen molar-refractivity contribution in [2.24, 2.45) is 0 Å². The first kappa shape index (κ1) is 13.5. The zero-order valence-corrected chi connectivity index (χ0v) is 9.78. The molecule has 0 amide bonds. The molecule has 2 rings (SSSR count). The predicted octanol–water partition coefficient (Wildman–Crippen LogP) is 2.85. The normalized spacial score (nSPS) is 11.2. The molecule has 3 nitrogen and oxygen atoms in total. The number of hydrogen-bond donors (Lipinski definition) is 1. The number of nitrogens with zero attached hydrogens (tertiary/aromatic N) is 2. The number of rotatable bonds is 5. The molecule has 0 saturated carbocycles. The van der Waals surface area contributed by atoms with Gasteiger partial charge in [0.25, 0.3) is 0 Å². The Hall–Kier alpha value is -1.89. The summed E-state index contributed by atoms with van der Waals surface area (Å²) in [6.45, 7) is -2.22. The number of nitrogens with one attached hydrogen (secondary N) is 1. The van der Waals surface area contributed by atoms with Gasteiger partial charge in [-0.3, -0.25) is 0 Å². The van der Waals surface area contributed by atoms with Crippen molar-refractivity contribution in [3.63, 3.8) is 0 Å². The lowest BCUT2D eigenvalue weighted by Gasteiger charge is -2.04. The van der Waals surface area contributed by atoms with Crippen LogP contribution in [0.2, 0.25) is 0 Å². The summed E-state index contributed by atoms with van der Waals surface area (Å²) >= 11 is 0. The number of aromatic nitrogens is 2. The molecule has 7 heteroatoms. The summed E-state index contributed by atoms with van der Waals surface area (Å²) in [6.07, 6.45) is 1.17. The van der Waals surface area contributed by atoms with Gasteiger partial charge in [0.05, 0.1) is 5.69 Å². The minimum absolute atomic E-state index is 0.218. The molecule has 1 aromatic carbocycles. The molecule has 1 aromatic heterocycles. The van der Waals surface area contributed by atoms with Crippen molar-refractivity contribution >= 4 is 0 Å². The number of benzene rings is 1. The first-order valence-electron chi connectivity index (χ1n) is 5.52. The van der Waals surface area contributed by atoms with E-state index < -0.39 is 18.2 Å². The van der Waals surface area contributed by atoms with Crippen molar-refractivity contribution in [1.82, 2.24) is 15.1 Å². The predicted molar refractivity (Wildman–Crippen MR) is 60.4 cm³/mol. The van der Waals surface area contributed by atoms with Crippen LogP contribution in [0.1, 0.15) is 17.8 Å². The standard InChI is InChI=1S/C12H11F4N3/c13-9-3-8(4-10(14)5-9)6-17-7-11-1-2-19(18-11)12(15)16/h1-5,12,17H,6-7H2. The highest BCUT2D eigenvalue weighted by atomic mass is 19.3. The van der Waals surface area contributed by atoms with E-state index >= 15 is 0 Å². The maximum Gasteiger partial charge on any atom is 0.333 e. The summed E-state index contributed by atoms with van der Waals surface area (Å²) in [5.74, 6) is -1.31. The fourth-order valence-corrected chi connectivity index (χ4v) is 1.63. The monoisotopic (exact) mass is 273 g/mol. The average molecular weight is 273 g/mol.